The van der Waals surface area contributed by atoms with Crippen molar-refractivity contribution in [2.45, 2.75) is 44.6 Å². The van der Waals surface area contributed by atoms with E-state index >= 15 is 0 Å². The molecular formula is C23H38N4O4S. The van der Waals surface area contributed by atoms with Crippen LogP contribution in [0, 0.1) is 5.92 Å². The Labute approximate surface area is 192 Å². The molecule has 2 saturated heterocycles. The Morgan fingerprint density at radius 2 is 1.81 bits per heavy atom. The maximum atomic E-state index is 13.0. The van der Waals surface area contributed by atoms with Crippen LogP contribution in [-0.4, -0.2) is 93.6 Å². The van der Waals surface area contributed by atoms with E-state index in [1.165, 1.54) is 4.31 Å². The van der Waals surface area contributed by atoms with E-state index in [9.17, 15) is 13.2 Å². The van der Waals surface area contributed by atoms with Crippen molar-refractivity contribution in [2.75, 3.05) is 59.0 Å². The number of amides is 2. The van der Waals surface area contributed by atoms with Crippen molar-refractivity contribution in [3.05, 3.63) is 29.8 Å². The molecule has 0 radical (unpaired) electrons. The Kier molecular flexibility index (Phi) is 8.93. The second-order valence-corrected chi connectivity index (χ2v) is 11.1. The van der Waals surface area contributed by atoms with Gasteiger partial charge in [0, 0.05) is 52.4 Å². The molecule has 2 amide bonds. The minimum absolute atomic E-state index is 0.0104. The zero-order valence-corrected chi connectivity index (χ0v) is 20.4. The van der Waals surface area contributed by atoms with Gasteiger partial charge in [-0.1, -0.05) is 39.3 Å². The van der Waals surface area contributed by atoms with Crippen molar-refractivity contribution in [1.29, 1.82) is 0 Å². The van der Waals surface area contributed by atoms with Gasteiger partial charge < -0.3 is 15.0 Å². The molecule has 180 valence electrons. The van der Waals surface area contributed by atoms with Gasteiger partial charge in [-0.15, -0.1) is 0 Å². The number of aryl methyl sites for hydroxylation is 1. The number of hydrogen-bond donors (Lipinski definition) is 1. The van der Waals surface area contributed by atoms with E-state index in [-0.39, 0.29) is 12.1 Å². The summed E-state index contributed by atoms with van der Waals surface area (Å²) in [4.78, 5) is 17.0. The van der Waals surface area contributed by atoms with E-state index in [1.54, 1.807) is 17.0 Å². The summed E-state index contributed by atoms with van der Waals surface area (Å²) in [5, 5.41) is 2.97. The van der Waals surface area contributed by atoms with Crippen LogP contribution in [0.2, 0.25) is 0 Å². The fourth-order valence-electron chi connectivity index (χ4n) is 4.30. The third-order valence-corrected chi connectivity index (χ3v) is 7.87. The van der Waals surface area contributed by atoms with Gasteiger partial charge in [-0.3, -0.25) is 4.90 Å². The summed E-state index contributed by atoms with van der Waals surface area (Å²) < 4.78 is 33.2. The minimum atomic E-state index is -3.54. The van der Waals surface area contributed by atoms with Crippen molar-refractivity contribution >= 4 is 16.1 Å². The molecule has 2 aliphatic rings. The highest BCUT2D eigenvalue weighted by atomic mass is 32.2. The zero-order valence-electron chi connectivity index (χ0n) is 19.6. The largest absolute Gasteiger partial charge is 0.374 e. The van der Waals surface area contributed by atoms with Crippen LogP contribution in [0.4, 0.5) is 4.79 Å². The molecule has 1 atom stereocenters. The Morgan fingerprint density at radius 1 is 1.12 bits per heavy atom. The lowest BCUT2D eigenvalue weighted by molar-refractivity contribution is -0.0294. The van der Waals surface area contributed by atoms with Gasteiger partial charge in [-0.05, 0) is 30.0 Å². The second kappa shape index (κ2) is 11.4. The van der Waals surface area contributed by atoms with Gasteiger partial charge in [0.25, 0.3) is 0 Å². The van der Waals surface area contributed by atoms with Gasteiger partial charge in [0.05, 0.1) is 17.6 Å². The smallest absolute Gasteiger partial charge is 0.317 e. The van der Waals surface area contributed by atoms with Gasteiger partial charge in [0.15, 0.2) is 0 Å². The molecule has 0 spiro atoms. The molecule has 0 saturated carbocycles. The van der Waals surface area contributed by atoms with E-state index in [0.29, 0.717) is 50.1 Å². The number of carbonyl (C=O) groups is 1. The molecule has 0 bridgehead atoms. The predicted octanol–water partition coefficient (Wildman–Crippen LogP) is 2.01. The average molecular weight is 467 g/mol. The van der Waals surface area contributed by atoms with Crippen molar-refractivity contribution < 1.29 is 17.9 Å². The Morgan fingerprint density at radius 3 is 2.44 bits per heavy atom. The van der Waals surface area contributed by atoms with Gasteiger partial charge in [0.1, 0.15) is 0 Å². The van der Waals surface area contributed by atoms with Crippen molar-refractivity contribution in [3.8, 4) is 0 Å². The third kappa shape index (κ3) is 6.66. The maximum absolute atomic E-state index is 13.0. The summed E-state index contributed by atoms with van der Waals surface area (Å²) >= 11 is 0. The number of hydrogen-bond acceptors (Lipinski definition) is 5. The Bertz CT molecular complexity index is 836. The van der Waals surface area contributed by atoms with Crippen LogP contribution in [0.25, 0.3) is 0 Å². The molecular weight excluding hydrogens is 428 g/mol. The molecule has 9 heteroatoms. The molecule has 1 unspecified atom stereocenters. The summed E-state index contributed by atoms with van der Waals surface area (Å²) in [5.74, 6) is 0.602. The van der Waals surface area contributed by atoms with Crippen molar-refractivity contribution in [3.63, 3.8) is 0 Å². The van der Waals surface area contributed by atoms with Crippen molar-refractivity contribution in [2.24, 2.45) is 5.92 Å². The normalized spacial score (nSPS) is 21.1. The van der Waals surface area contributed by atoms with Crippen LogP contribution in [-0.2, 0) is 21.2 Å². The van der Waals surface area contributed by atoms with E-state index in [1.807, 2.05) is 12.1 Å². The minimum Gasteiger partial charge on any atom is -0.374 e. The Hall–Kier alpha value is -1.68. The topological polar surface area (TPSA) is 82.2 Å². The average Bonchev–Trinajstić information content (AvgIpc) is 2.78. The monoisotopic (exact) mass is 466 g/mol. The van der Waals surface area contributed by atoms with E-state index < -0.39 is 10.0 Å². The number of morpholine rings is 1. The van der Waals surface area contributed by atoms with Gasteiger partial charge in [0.2, 0.25) is 10.0 Å². The lowest BCUT2D eigenvalue weighted by Crippen LogP contribution is -2.55. The molecule has 8 nitrogen and oxygen atoms in total. The molecule has 1 aromatic carbocycles. The van der Waals surface area contributed by atoms with Crippen LogP contribution in [0.1, 0.15) is 32.8 Å². The van der Waals surface area contributed by atoms with Crippen LogP contribution in [0.3, 0.4) is 0 Å². The zero-order chi connectivity index (χ0) is 23.1. The summed E-state index contributed by atoms with van der Waals surface area (Å²) in [6.07, 6.45) is 1.96. The molecule has 2 heterocycles. The predicted molar refractivity (Wildman–Crippen MR) is 125 cm³/mol. The number of carbonyl (C=O) groups excluding carboxylic acids is 1. The van der Waals surface area contributed by atoms with E-state index in [0.717, 1.165) is 38.0 Å². The molecule has 1 N–H and O–H groups in total. The highest BCUT2D eigenvalue weighted by Gasteiger charge is 2.30. The maximum Gasteiger partial charge on any atom is 0.317 e. The Balaban J connectivity index is 1.46. The SMILES string of the molecule is CCCc1ccc(S(=O)(=O)N2CCN(C(=O)NCC3CN(CC(C)C)CCO3)CC2)cc1. The molecule has 0 aliphatic carbocycles. The third-order valence-electron chi connectivity index (χ3n) is 5.95. The number of ether oxygens (including phenoxy) is 1. The number of sulfonamides is 1. The number of piperazine rings is 1. The van der Waals surface area contributed by atoms with Crippen molar-refractivity contribution in [1.82, 2.24) is 19.4 Å². The highest BCUT2D eigenvalue weighted by molar-refractivity contribution is 7.89. The first-order valence-corrected chi connectivity index (χ1v) is 13.2. The molecule has 3 rings (SSSR count). The summed E-state index contributed by atoms with van der Waals surface area (Å²) in [6, 6.07) is 6.99. The molecule has 2 aliphatic heterocycles. The van der Waals surface area contributed by atoms with Crippen LogP contribution in [0.15, 0.2) is 29.2 Å². The standard InChI is InChI=1S/C23H38N4O4S/c1-4-5-20-6-8-22(9-7-20)32(29,30)27-12-10-26(11-13-27)23(28)24-16-21-18-25(14-15-31-21)17-19(2)3/h6-9,19,21H,4-5,10-18H2,1-3H3,(H,24,28). The fourth-order valence-corrected chi connectivity index (χ4v) is 5.72. The van der Waals surface area contributed by atoms with E-state index in [2.05, 4.69) is 31.0 Å². The number of rotatable bonds is 8. The number of nitrogens with one attached hydrogen (secondary N) is 1. The number of benzene rings is 1. The lowest BCUT2D eigenvalue weighted by Gasteiger charge is -2.36. The molecule has 0 aromatic heterocycles. The first-order chi connectivity index (χ1) is 15.3. The summed E-state index contributed by atoms with van der Waals surface area (Å²) in [7, 11) is -3.54. The quantitative estimate of drug-likeness (QED) is 0.634. The lowest BCUT2D eigenvalue weighted by atomic mass is 10.1. The second-order valence-electron chi connectivity index (χ2n) is 9.12. The van der Waals surface area contributed by atoms with Gasteiger partial charge in [-0.2, -0.15) is 4.31 Å². The molecule has 32 heavy (non-hydrogen) atoms. The van der Waals surface area contributed by atoms with Gasteiger partial charge >= 0.3 is 6.03 Å². The summed E-state index contributed by atoms with van der Waals surface area (Å²) in [5.41, 5.74) is 1.14. The number of nitrogens with zero attached hydrogens (tertiary/aromatic N) is 3. The first kappa shape index (κ1) is 25.0. The number of urea groups is 1. The molecule has 1 aromatic rings. The fraction of sp³-hybridized carbons (Fsp3) is 0.696. The van der Waals surface area contributed by atoms with Crippen LogP contribution < -0.4 is 5.32 Å². The van der Waals surface area contributed by atoms with Crippen LogP contribution in [0.5, 0.6) is 0 Å². The van der Waals surface area contributed by atoms with Crippen LogP contribution >= 0.6 is 0 Å². The van der Waals surface area contributed by atoms with E-state index in [4.69, 9.17) is 4.74 Å². The first-order valence-electron chi connectivity index (χ1n) is 11.8. The molecule has 2 fully saturated rings. The van der Waals surface area contributed by atoms with Gasteiger partial charge in [-0.25, -0.2) is 13.2 Å². The highest BCUT2D eigenvalue weighted by Crippen LogP contribution is 2.19. The summed E-state index contributed by atoms with van der Waals surface area (Å²) in [6.45, 7) is 11.8.